The molecule has 0 unspecified atom stereocenters. The van der Waals surface area contributed by atoms with Crippen LogP contribution in [0.1, 0.15) is 34.6 Å². The lowest BCUT2D eigenvalue weighted by Crippen LogP contribution is -2.43. The first-order valence-electron chi connectivity index (χ1n) is 5.91. The Balaban J connectivity index is 2.76. The number of esters is 1. The van der Waals surface area contributed by atoms with Crippen LogP contribution in [0.25, 0.3) is 0 Å². The number of ether oxygens (including phenoxy) is 1. The van der Waals surface area contributed by atoms with Gasteiger partial charge in [-0.3, -0.25) is 9.69 Å². The van der Waals surface area contributed by atoms with Gasteiger partial charge in [-0.2, -0.15) is 0 Å². The molecule has 0 bridgehead atoms. The van der Waals surface area contributed by atoms with Gasteiger partial charge in [-0.25, -0.2) is 0 Å². The fourth-order valence-electron chi connectivity index (χ4n) is 2.34. The van der Waals surface area contributed by atoms with E-state index in [9.17, 15) is 4.79 Å². The van der Waals surface area contributed by atoms with E-state index in [1.165, 1.54) is 0 Å². The lowest BCUT2D eigenvalue weighted by Gasteiger charge is -2.28. The minimum atomic E-state index is -0.0527. The summed E-state index contributed by atoms with van der Waals surface area (Å²) in [5.41, 5.74) is 0. The van der Waals surface area contributed by atoms with Crippen molar-refractivity contribution in [2.24, 2.45) is 11.8 Å². The van der Waals surface area contributed by atoms with Crippen LogP contribution in [0.5, 0.6) is 0 Å². The summed E-state index contributed by atoms with van der Waals surface area (Å²) < 4.78 is 5.14. The molecule has 3 atom stereocenters. The molecule has 1 saturated heterocycles. The Morgan fingerprint density at radius 2 is 2.07 bits per heavy atom. The first-order chi connectivity index (χ1) is 6.99. The van der Waals surface area contributed by atoms with Crippen LogP contribution in [-0.2, 0) is 9.53 Å². The van der Waals surface area contributed by atoms with E-state index in [-0.39, 0.29) is 12.0 Å². The maximum Gasteiger partial charge on any atom is 0.323 e. The predicted octanol–water partition coefficient (Wildman–Crippen LogP) is 1.91. The van der Waals surface area contributed by atoms with Crippen molar-refractivity contribution < 1.29 is 9.53 Å². The van der Waals surface area contributed by atoms with Crippen LogP contribution >= 0.6 is 0 Å². The highest BCUT2D eigenvalue weighted by atomic mass is 16.5. The lowest BCUT2D eigenvalue weighted by atomic mass is 9.94. The highest BCUT2D eigenvalue weighted by Gasteiger charge is 2.42. The van der Waals surface area contributed by atoms with Gasteiger partial charge in [0.1, 0.15) is 6.04 Å². The van der Waals surface area contributed by atoms with Crippen LogP contribution in [0.3, 0.4) is 0 Å². The van der Waals surface area contributed by atoms with Gasteiger partial charge in [0, 0.05) is 12.6 Å². The normalized spacial score (nSPS) is 32.3. The van der Waals surface area contributed by atoms with E-state index in [0.29, 0.717) is 24.5 Å². The van der Waals surface area contributed by atoms with Crippen LogP contribution in [-0.4, -0.2) is 36.1 Å². The Hall–Kier alpha value is -0.570. The molecule has 1 aliphatic rings. The minimum absolute atomic E-state index is 0.0417. The maximum atomic E-state index is 11.9. The number of rotatable bonds is 3. The molecule has 0 aromatic heterocycles. The summed E-state index contributed by atoms with van der Waals surface area (Å²) in [5.74, 6) is 0.913. The molecule has 0 aliphatic carbocycles. The van der Waals surface area contributed by atoms with Crippen molar-refractivity contribution in [3.63, 3.8) is 0 Å². The van der Waals surface area contributed by atoms with Crippen LogP contribution in [0.4, 0.5) is 0 Å². The molecule has 0 aromatic rings. The molecule has 1 heterocycles. The average molecular weight is 213 g/mol. The Labute approximate surface area is 92.8 Å². The zero-order valence-electron chi connectivity index (χ0n) is 10.5. The number of hydrogen-bond donors (Lipinski definition) is 0. The van der Waals surface area contributed by atoms with Crippen molar-refractivity contribution in [3.05, 3.63) is 0 Å². The van der Waals surface area contributed by atoms with Crippen LogP contribution < -0.4 is 0 Å². The third kappa shape index (κ3) is 2.51. The first-order valence-corrected chi connectivity index (χ1v) is 5.91. The van der Waals surface area contributed by atoms with Gasteiger partial charge in [-0.15, -0.1) is 0 Å². The Morgan fingerprint density at radius 3 is 2.53 bits per heavy atom. The summed E-state index contributed by atoms with van der Waals surface area (Å²) in [7, 11) is 0. The summed E-state index contributed by atoms with van der Waals surface area (Å²) in [6.07, 6.45) is 0. The van der Waals surface area contributed by atoms with Crippen LogP contribution in [0, 0.1) is 11.8 Å². The Kier molecular flexibility index (Phi) is 4.14. The van der Waals surface area contributed by atoms with Crippen molar-refractivity contribution in [1.29, 1.82) is 0 Å². The van der Waals surface area contributed by atoms with E-state index in [2.05, 4.69) is 32.6 Å². The van der Waals surface area contributed by atoms with E-state index in [1.807, 2.05) is 6.92 Å². The second-order valence-corrected chi connectivity index (χ2v) is 4.82. The Bertz CT molecular complexity index is 228. The van der Waals surface area contributed by atoms with Gasteiger partial charge in [0.15, 0.2) is 0 Å². The molecule has 0 aromatic carbocycles. The summed E-state index contributed by atoms with van der Waals surface area (Å²) in [4.78, 5) is 14.1. The molecule has 1 aliphatic heterocycles. The van der Waals surface area contributed by atoms with E-state index in [1.54, 1.807) is 0 Å². The van der Waals surface area contributed by atoms with Crippen LogP contribution in [0.2, 0.25) is 0 Å². The molecule has 0 saturated carbocycles. The number of carbonyl (C=O) groups is 1. The van der Waals surface area contributed by atoms with Gasteiger partial charge in [0.2, 0.25) is 0 Å². The minimum Gasteiger partial charge on any atom is -0.465 e. The van der Waals surface area contributed by atoms with Crippen molar-refractivity contribution in [3.8, 4) is 0 Å². The highest BCUT2D eigenvalue weighted by Crippen LogP contribution is 2.31. The van der Waals surface area contributed by atoms with E-state index < -0.39 is 0 Å². The zero-order valence-corrected chi connectivity index (χ0v) is 10.5. The third-order valence-corrected chi connectivity index (χ3v) is 3.44. The van der Waals surface area contributed by atoms with Crippen molar-refractivity contribution in [2.75, 3.05) is 13.2 Å². The predicted molar refractivity (Wildman–Crippen MR) is 60.6 cm³/mol. The van der Waals surface area contributed by atoms with Crippen molar-refractivity contribution >= 4 is 5.97 Å². The van der Waals surface area contributed by atoms with Gasteiger partial charge >= 0.3 is 5.97 Å². The van der Waals surface area contributed by atoms with Gasteiger partial charge in [0.05, 0.1) is 6.61 Å². The molecule has 3 heteroatoms. The summed E-state index contributed by atoms with van der Waals surface area (Å²) >= 11 is 0. The molecular weight excluding hydrogens is 190 g/mol. The fraction of sp³-hybridized carbons (Fsp3) is 0.917. The second kappa shape index (κ2) is 4.97. The number of carbonyl (C=O) groups excluding carboxylic acids is 1. The SMILES string of the molecule is CCOC(=O)[C@@H]1[C@@H](C)[C@H](C)CN1C(C)C. The molecule has 1 fully saturated rings. The highest BCUT2D eigenvalue weighted by molar-refractivity contribution is 5.76. The molecule has 0 radical (unpaired) electrons. The number of nitrogens with zero attached hydrogens (tertiary/aromatic N) is 1. The third-order valence-electron chi connectivity index (χ3n) is 3.44. The summed E-state index contributed by atoms with van der Waals surface area (Å²) in [5, 5.41) is 0. The first kappa shape index (κ1) is 12.5. The largest absolute Gasteiger partial charge is 0.465 e. The van der Waals surface area contributed by atoms with Crippen LogP contribution in [0.15, 0.2) is 0 Å². The summed E-state index contributed by atoms with van der Waals surface area (Å²) in [6.45, 7) is 12.0. The molecule has 3 nitrogen and oxygen atoms in total. The molecule has 0 spiro atoms. The fourth-order valence-corrected chi connectivity index (χ4v) is 2.34. The number of hydrogen-bond acceptors (Lipinski definition) is 3. The molecule has 88 valence electrons. The average Bonchev–Trinajstić information content (AvgIpc) is 2.44. The molecule has 0 N–H and O–H groups in total. The van der Waals surface area contributed by atoms with Crippen molar-refractivity contribution in [1.82, 2.24) is 4.90 Å². The molecule has 1 rings (SSSR count). The van der Waals surface area contributed by atoms with Gasteiger partial charge in [0.25, 0.3) is 0 Å². The monoisotopic (exact) mass is 213 g/mol. The topological polar surface area (TPSA) is 29.5 Å². The maximum absolute atomic E-state index is 11.9. The standard InChI is InChI=1S/C12H23NO2/c1-6-15-12(14)11-10(5)9(4)7-13(11)8(2)3/h8-11H,6-7H2,1-5H3/t9-,10+,11+/m1/s1. The second-order valence-electron chi connectivity index (χ2n) is 4.82. The van der Waals surface area contributed by atoms with Gasteiger partial charge < -0.3 is 4.74 Å². The number of likely N-dealkylation sites (tertiary alicyclic amines) is 1. The summed E-state index contributed by atoms with van der Waals surface area (Å²) in [6, 6.07) is 0.367. The quantitative estimate of drug-likeness (QED) is 0.671. The van der Waals surface area contributed by atoms with Gasteiger partial charge in [-0.1, -0.05) is 13.8 Å². The van der Waals surface area contributed by atoms with E-state index in [0.717, 1.165) is 6.54 Å². The van der Waals surface area contributed by atoms with Crippen molar-refractivity contribution in [2.45, 2.75) is 46.7 Å². The van der Waals surface area contributed by atoms with E-state index in [4.69, 9.17) is 4.74 Å². The smallest absolute Gasteiger partial charge is 0.323 e. The van der Waals surface area contributed by atoms with Gasteiger partial charge in [-0.05, 0) is 32.6 Å². The Morgan fingerprint density at radius 1 is 1.47 bits per heavy atom. The van der Waals surface area contributed by atoms with E-state index >= 15 is 0 Å². The molecule has 15 heavy (non-hydrogen) atoms. The lowest BCUT2D eigenvalue weighted by molar-refractivity contribution is -0.150. The molecule has 0 amide bonds. The zero-order chi connectivity index (χ0) is 11.6. The molecular formula is C12H23NO2.